The fourth-order valence-corrected chi connectivity index (χ4v) is 3.18. The van der Waals surface area contributed by atoms with Gasteiger partial charge >= 0.3 is 5.97 Å². The van der Waals surface area contributed by atoms with Crippen LogP contribution < -0.4 is 5.32 Å². The number of imide groups is 2. The highest BCUT2D eigenvalue weighted by atomic mass is 32.1. The van der Waals surface area contributed by atoms with Crippen LogP contribution in [0.1, 0.15) is 30.4 Å². The average molecular weight is 417 g/mol. The molecule has 2 aromatic rings. The highest BCUT2D eigenvalue weighted by Crippen LogP contribution is 2.30. The topological polar surface area (TPSA) is 153 Å². The summed E-state index contributed by atoms with van der Waals surface area (Å²) in [6.07, 6.45) is 0. The Hall–Kier alpha value is -3.93. The van der Waals surface area contributed by atoms with Gasteiger partial charge < -0.3 is 4.74 Å². The lowest BCUT2D eigenvalue weighted by Gasteiger charge is -2.12. The summed E-state index contributed by atoms with van der Waals surface area (Å²) in [6, 6.07) is 6.68. The molecular weight excluding hydrogens is 406 g/mol. The quantitative estimate of drug-likeness (QED) is 0.313. The molecular formula is C17H11N3O8S. The van der Waals surface area contributed by atoms with Crippen molar-refractivity contribution >= 4 is 46.6 Å². The smallest absolute Gasteiger partial charge is 0.326 e. The van der Waals surface area contributed by atoms with E-state index in [4.69, 9.17) is 0 Å². The Balaban J connectivity index is 1.58. The van der Waals surface area contributed by atoms with Gasteiger partial charge in [0.15, 0.2) is 6.61 Å². The number of nitro groups is 1. The second-order valence-electron chi connectivity index (χ2n) is 5.67. The third-order valence-electron chi connectivity index (χ3n) is 3.82. The fraction of sp³-hybridized carbons (Fsp3) is 0.118. The molecule has 1 aromatic carbocycles. The third kappa shape index (κ3) is 4.01. The molecule has 2 heterocycles. The molecule has 1 aliphatic rings. The number of nitrogens with zero attached hydrogens (tertiary/aromatic N) is 2. The number of hydrogen-bond acceptors (Lipinski definition) is 9. The Bertz CT molecular complexity index is 1050. The van der Waals surface area contributed by atoms with Crippen molar-refractivity contribution in [2.45, 2.75) is 0 Å². The summed E-state index contributed by atoms with van der Waals surface area (Å²) in [6.45, 7) is -1.64. The number of hydrogen-bond donors (Lipinski definition) is 1. The van der Waals surface area contributed by atoms with Gasteiger partial charge in [-0.3, -0.25) is 44.3 Å². The van der Waals surface area contributed by atoms with Gasteiger partial charge in [-0.25, -0.2) is 0 Å². The van der Waals surface area contributed by atoms with E-state index in [9.17, 15) is 34.1 Å². The molecule has 1 aliphatic heterocycles. The number of nitrogens with one attached hydrogen (secondary N) is 1. The van der Waals surface area contributed by atoms with Gasteiger partial charge in [0.05, 0.1) is 15.4 Å². The number of thiophene rings is 1. The number of carbonyl (C=O) groups excluding carboxylic acids is 5. The molecule has 3 rings (SSSR count). The maximum atomic E-state index is 12.4. The summed E-state index contributed by atoms with van der Waals surface area (Å²) >= 11 is 1.11. The predicted molar refractivity (Wildman–Crippen MR) is 96.2 cm³/mol. The van der Waals surface area contributed by atoms with Gasteiger partial charge in [-0.2, -0.15) is 0 Å². The van der Waals surface area contributed by atoms with Crippen molar-refractivity contribution in [3.05, 3.63) is 61.8 Å². The van der Waals surface area contributed by atoms with Crippen LogP contribution in [0.25, 0.3) is 0 Å². The van der Waals surface area contributed by atoms with Crippen LogP contribution in [-0.2, 0) is 14.3 Å². The molecule has 0 fully saturated rings. The van der Waals surface area contributed by atoms with Gasteiger partial charge in [-0.05, 0) is 17.5 Å². The number of carbonyl (C=O) groups is 5. The molecule has 4 amide bonds. The van der Waals surface area contributed by atoms with Crippen LogP contribution in [0.4, 0.5) is 5.69 Å². The maximum Gasteiger partial charge on any atom is 0.326 e. The van der Waals surface area contributed by atoms with Gasteiger partial charge in [0, 0.05) is 6.07 Å². The summed E-state index contributed by atoms with van der Waals surface area (Å²) in [5, 5.41) is 14.7. The first-order chi connectivity index (χ1) is 13.8. The normalized spacial score (nSPS) is 12.5. The Labute approximate surface area is 166 Å². The van der Waals surface area contributed by atoms with Crippen LogP contribution >= 0.6 is 11.3 Å². The van der Waals surface area contributed by atoms with Crippen LogP contribution in [-0.4, -0.2) is 52.6 Å². The minimum atomic E-state index is -1.10. The molecule has 1 aromatic heterocycles. The zero-order chi connectivity index (χ0) is 21.1. The zero-order valence-corrected chi connectivity index (χ0v) is 15.3. The van der Waals surface area contributed by atoms with Crippen molar-refractivity contribution < 1.29 is 33.6 Å². The molecule has 0 spiro atoms. The van der Waals surface area contributed by atoms with Crippen molar-refractivity contribution in [2.75, 3.05) is 13.2 Å². The van der Waals surface area contributed by atoms with E-state index in [0.717, 1.165) is 17.4 Å². The second kappa shape index (κ2) is 7.98. The van der Waals surface area contributed by atoms with E-state index in [1.165, 1.54) is 18.2 Å². The molecule has 29 heavy (non-hydrogen) atoms. The highest BCUT2D eigenvalue weighted by Gasteiger charge is 2.41. The predicted octanol–water partition coefficient (Wildman–Crippen LogP) is 0.752. The van der Waals surface area contributed by atoms with Crippen molar-refractivity contribution in [3.63, 3.8) is 0 Å². The first kappa shape index (κ1) is 19.8. The van der Waals surface area contributed by atoms with E-state index < -0.39 is 58.9 Å². The van der Waals surface area contributed by atoms with E-state index in [2.05, 4.69) is 4.74 Å². The largest absolute Gasteiger partial charge is 0.454 e. The molecule has 1 N–H and O–H groups in total. The number of fused-ring (bicyclic) bond motifs is 1. The first-order valence-electron chi connectivity index (χ1n) is 7.96. The Morgan fingerprint density at radius 1 is 1.14 bits per heavy atom. The number of nitro benzene ring substituents is 1. The summed E-state index contributed by atoms with van der Waals surface area (Å²) in [7, 11) is 0. The molecule has 0 radical (unpaired) electrons. The van der Waals surface area contributed by atoms with Gasteiger partial charge in [0.1, 0.15) is 12.1 Å². The Kier molecular flexibility index (Phi) is 5.45. The number of benzene rings is 1. The van der Waals surface area contributed by atoms with Gasteiger partial charge in [-0.1, -0.05) is 12.1 Å². The zero-order valence-electron chi connectivity index (χ0n) is 14.4. The van der Waals surface area contributed by atoms with Crippen molar-refractivity contribution in [1.29, 1.82) is 0 Å². The second-order valence-corrected chi connectivity index (χ2v) is 6.62. The molecule has 0 bridgehead atoms. The number of amides is 4. The first-order valence-corrected chi connectivity index (χ1v) is 8.84. The van der Waals surface area contributed by atoms with Crippen LogP contribution in [0.3, 0.4) is 0 Å². The van der Waals surface area contributed by atoms with E-state index >= 15 is 0 Å². The lowest BCUT2D eigenvalue weighted by atomic mass is 10.1. The molecule has 0 aliphatic carbocycles. The molecule has 12 heteroatoms. The lowest BCUT2D eigenvalue weighted by molar-refractivity contribution is -0.385. The minimum absolute atomic E-state index is 0.198. The van der Waals surface area contributed by atoms with Crippen LogP contribution in [0.15, 0.2) is 35.7 Å². The standard InChI is InChI=1S/C17H11N3O8S/c21-12(18-15(23)11-5-2-6-29-11)8-28-13(22)7-19-16(24)9-3-1-4-10(20(26)27)14(9)17(19)25/h1-6H,7-8H2,(H,18,21,23). The van der Waals surface area contributed by atoms with E-state index in [-0.39, 0.29) is 10.4 Å². The lowest BCUT2D eigenvalue weighted by Crippen LogP contribution is -2.38. The van der Waals surface area contributed by atoms with E-state index in [1.807, 2.05) is 5.32 Å². The molecule has 0 saturated carbocycles. The maximum absolute atomic E-state index is 12.4. The number of esters is 1. The highest BCUT2D eigenvalue weighted by molar-refractivity contribution is 7.12. The van der Waals surface area contributed by atoms with Crippen LogP contribution in [0, 0.1) is 10.1 Å². The van der Waals surface area contributed by atoms with E-state index in [1.54, 1.807) is 11.4 Å². The summed E-state index contributed by atoms with van der Waals surface area (Å²) in [5.74, 6) is -4.54. The average Bonchev–Trinajstić information content (AvgIpc) is 3.30. The molecule has 0 atom stereocenters. The Morgan fingerprint density at radius 2 is 1.90 bits per heavy atom. The summed E-state index contributed by atoms with van der Waals surface area (Å²) in [4.78, 5) is 71.0. The summed E-state index contributed by atoms with van der Waals surface area (Å²) in [5.41, 5.74) is -1.16. The van der Waals surface area contributed by atoms with Gasteiger partial charge in [0.2, 0.25) is 0 Å². The monoisotopic (exact) mass is 417 g/mol. The van der Waals surface area contributed by atoms with Crippen LogP contribution in [0.2, 0.25) is 0 Å². The van der Waals surface area contributed by atoms with Crippen molar-refractivity contribution in [1.82, 2.24) is 10.2 Å². The van der Waals surface area contributed by atoms with Crippen LogP contribution in [0.5, 0.6) is 0 Å². The summed E-state index contributed by atoms with van der Waals surface area (Å²) < 4.78 is 4.68. The minimum Gasteiger partial charge on any atom is -0.454 e. The molecule has 0 unspecified atom stereocenters. The van der Waals surface area contributed by atoms with Gasteiger partial charge in [-0.15, -0.1) is 11.3 Å². The number of ether oxygens (including phenoxy) is 1. The van der Waals surface area contributed by atoms with E-state index in [0.29, 0.717) is 4.90 Å². The van der Waals surface area contributed by atoms with Crippen molar-refractivity contribution in [3.8, 4) is 0 Å². The Morgan fingerprint density at radius 3 is 2.55 bits per heavy atom. The van der Waals surface area contributed by atoms with Gasteiger partial charge in [0.25, 0.3) is 29.3 Å². The molecule has 148 valence electrons. The fourth-order valence-electron chi connectivity index (χ4n) is 2.56. The molecule has 0 saturated heterocycles. The third-order valence-corrected chi connectivity index (χ3v) is 4.69. The van der Waals surface area contributed by atoms with Crippen molar-refractivity contribution in [2.24, 2.45) is 0 Å². The number of rotatable bonds is 6. The molecule has 11 nitrogen and oxygen atoms in total. The SMILES string of the molecule is O=C(COC(=O)CN1C(=O)c2cccc([N+](=O)[O-])c2C1=O)NC(=O)c1cccs1.